The maximum Gasteiger partial charge on any atom is 0.350 e. The summed E-state index contributed by atoms with van der Waals surface area (Å²) in [6.45, 7) is 9.87. The Kier molecular flexibility index (Phi) is 12.9. The molecule has 2 saturated heterocycles. The number of hydrogen-bond donors (Lipinski definition) is 2. The fraction of sp³-hybridized carbons (Fsp3) is 0.421. The minimum atomic E-state index is -1.16. The van der Waals surface area contributed by atoms with Crippen LogP contribution in [-0.2, 0) is 21.8 Å². The second kappa shape index (κ2) is 17.8. The summed E-state index contributed by atoms with van der Waals surface area (Å²) in [6, 6.07) is 21.6. The Labute approximate surface area is 324 Å². The zero-order chi connectivity index (χ0) is 38.2. The molecule has 0 bridgehead atoms. The number of ether oxygens (including phenoxy) is 3. The maximum atomic E-state index is 12.8. The number of piperazine rings is 1. The van der Waals surface area contributed by atoms with Crippen LogP contribution in [0.2, 0.25) is 10.0 Å². The summed E-state index contributed by atoms with van der Waals surface area (Å²) >= 11 is 12.7. The van der Waals surface area contributed by atoms with Gasteiger partial charge in [0.1, 0.15) is 44.0 Å². The normalized spacial score (nSPS) is 19.6. The summed E-state index contributed by atoms with van der Waals surface area (Å²) in [5.74, 6) is -0.410. The van der Waals surface area contributed by atoms with Crippen LogP contribution < -0.4 is 20.2 Å². The van der Waals surface area contributed by atoms with Gasteiger partial charge in [-0.05, 0) is 80.9 Å². The van der Waals surface area contributed by atoms with Crippen LogP contribution in [0.15, 0.2) is 90.5 Å². The average Bonchev–Trinajstić information content (AvgIpc) is 3.95. The van der Waals surface area contributed by atoms with Gasteiger partial charge in [-0.3, -0.25) is 0 Å². The molecule has 0 amide bonds. The summed E-state index contributed by atoms with van der Waals surface area (Å²) in [7, 11) is 0. The Morgan fingerprint density at radius 2 is 1.56 bits per heavy atom. The van der Waals surface area contributed by atoms with Crippen LogP contribution >= 0.6 is 23.2 Å². The predicted molar refractivity (Wildman–Crippen MR) is 207 cm³/mol. The van der Waals surface area contributed by atoms with Gasteiger partial charge in [-0.2, -0.15) is 10.2 Å². The van der Waals surface area contributed by atoms with E-state index in [4.69, 9.17) is 47.6 Å². The molecular formula is C38H46Cl2N8O6. The number of aliphatic hydroxyl groups is 2. The van der Waals surface area contributed by atoms with Gasteiger partial charge in [-0.25, -0.2) is 23.7 Å². The Bertz CT molecular complexity index is 1980. The molecule has 0 spiro atoms. The molecule has 4 atom stereocenters. The summed E-state index contributed by atoms with van der Waals surface area (Å²) in [6.07, 6.45) is 4.63. The molecule has 2 aliphatic rings. The molecule has 2 fully saturated rings. The Hall–Kier alpha value is -4.44. The van der Waals surface area contributed by atoms with E-state index in [1.807, 2.05) is 44.2 Å². The van der Waals surface area contributed by atoms with E-state index in [2.05, 4.69) is 49.2 Å². The zero-order valence-electron chi connectivity index (χ0n) is 30.5. The van der Waals surface area contributed by atoms with E-state index in [-0.39, 0.29) is 31.0 Å². The van der Waals surface area contributed by atoms with Crippen LogP contribution in [-0.4, -0.2) is 97.5 Å². The van der Waals surface area contributed by atoms with Gasteiger partial charge in [-0.15, -0.1) is 0 Å². The molecule has 3 aromatic carbocycles. The summed E-state index contributed by atoms with van der Waals surface area (Å²) in [4.78, 5) is 21.6. The van der Waals surface area contributed by atoms with Gasteiger partial charge < -0.3 is 34.2 Å². The van der Waals surface area contributed by atoms with E-state index in [9.17, 15) is 4.79 Å². The molecule has 54 heavy (non-hydrogen) atoms. The number of aromatic nitrogens is 6. The van der Waals surface area contributed by atoms with Crippen molar-refractivity contribution in [2.45, 2.75) is 57.8 Å². The lowest BCUT2D eigenvalue weighted by molar-refractivity contribution is -0.190. The first kappa shape index (κ1) is 39.3. The molecule has 0 aliphatic carbocycles. The van der Waals surface area contributed by atoms with Gasteiger partial charge >= 0.3 is 5.69 Å². The van der Waals surface area contributed by atoms with Gasteiger partial charge in [0, 0.05) is 48.1 Å². The molecule has 14 nitrogen and oxygen atoms in total. The molecule has 0 saturated carbocycles. The van der Waals surface area contributed by atoms with Crippen molar-refractivity contribution >= 4 is 34.6 Å². The monoisotopic (exact) mass is 780 g/mol. The quantitative estimate of drug-likeness (QED) is 0.178. The largest absolute Gasteiger partial charge is 0.491 e. The second-order valence-electron chi connectivity index (χ2n) is 13.3. The molecule has 0 radical (unpaired) electrons. The summed E-state index contributed by atoms with van der Waals surface area (Å²) in [5, 5.41) is 25.5. The molecule has 16 heteroatoms. The number of aliphatic hydroxyl groups excluding tert-OH is 2. The minimum Gasteiger partial charge on any atom is -0.491 e. The molecule has 288 valence electrons. The number of halogens is 2. The molecule has 2 aliphatic heterocycles. The van der Waals surface area contributed by atoms with E-state index in [0.717, 1.165) is 55.4 Å². The number of hydrogen-bond acceptors (Lipinski definition) is 11. The van der Waals surface area contributed by atoms with Crippen LogP contribution in [0.4, 0.5) is 11.4 Å². The first-order valence-corrected chi connectivity index (χ1v) is 18.7. The van der Waals surface area contributed by atoms with Gasteiger partial charge in [0.05, 0.1) is 36.1 Å². The van der Waals surface area contributed by atoms with Gasteiger partial charge in [0.15, 0.2) is 0 Å². The standard InChI is InChI=1S/C35H38Cl2N8O4.C3H8O2/c1-3-25(2)45-34(46)44(24-40-45)29-7-5-27(6-8-29)41-14-16-42(17-15-41)28-9-11-30(12-10-28)47-19-31-20-48-35(49-31,21-43-23-38-22-39-43)32-13-4-26(36)18-33(32)37;1-3(5)2-4/h4-13,18,22-25,31H,3,14-17,19-21H2,1-2H3;3-5H,2H2,1H3/t25?,31-,35-;/m0./s1. The Morgan fingerprint density at radius 1 is 0.926 bits per heavy atom. The Balaban J connectivity index is 0.000000934. The van der Waals surface area contributed by atoms with E-state index < -0.39 is 11.9 Å². The van der Waals surface area contributed by atoms with Crippen molar-refractivity contribution < 1.29 is 24.4 Å². The van der Waals surface area contributed by atoms with Crippen LogP contribution in [0.3, 0.4) is 0 Å². The van der Waals surface area contributed by atoms with Crippen molar-refractivity contribution in [3.05, 3.63) is 112 Å². The lowest BCUT2D eigenvalue weighted by Crippen LogP contribution is -2.46. The molecule has 7 rings (SSSR count). The molecule has 2 unspecified atom stereocenters. The van der Waals surface area contributed by atoms with Gasteiger partial charge in [0.25, 0.3) is 0 Å². The first-order valence-electron chi connectivity index (χ1n) is 18.0. The smallest absolute Gasteiger partial charge is 0.350 e. The molecule has 2 N–H and O–H groups in total. The number of benzene rings is 3. The summed E-state index contributed by atoms with van der Waals surface area (Å²) in [5.41, 5.74) is 3.64. The minimum absolute atomic E-state index is 0.0645. The molecular weight excluding hydrogens is 735 g/mol. The highest BCUT2D eigenvalue weighted by molar-refractivity contribution is 6.35. The van der Waals surface area contributed by atoms with Crippen molar-refractivity contribution in [3.8, 4) is 11.4 Å². The van der Waals surface area contributed by atoms with Crippen molar-refractivity contribution in [2.24, 2.45) is 0 Å². The predicted octanol–water partition coefficient (Wildman–Crippen LogP) is 4.94. The van der Waals surface area contributed by atoms with Crippen LogP contribution in [0, 0.1) is 0 Å². The third kappa shape index (κ3) is 9.25. The highest BCUT2D eigenvalue weighted by atomic mass is 35.5. The van der Waals surface area contributed by atoms with Gasteiger partial charge in [0.2, 0.25) is 5.79 Å². The Morgan fingerprint density at radius 3 is 2.13 bits per heavy atom. The fourth-order valence-corrected chi connectivity index (χ4v) is 6.79. The highest BCUT2D eigenvalue weighted by Gasteiger charge is 2.45. The molecule has 5 aromatic rings. The zero-order valence-corrected chi connectivity index (χ0v) is 32.1. The van der Waals surface area contributed by atoms with Crippen molar-refractivity contribution in [3.63, 3.8) is 0 Å². The van der Waals surface area contributed by atoms with Gasteiger partial charge in [-0.1, -0.05) is 36.2 Å². The lowest BCUT2D eigenvalue weighted by Gasteiger charge is -2.37. The first-order chi connectivity index (χ1) is 26.1. The number of rotatable bonds is 12. The van der Waals surface area contributed by atoms with E-state index in [1.54, 1.807) is 34.0 Å². The van der Waals surface area contributed by atoms with E-state index in [0.29, 0.717) is 28.8 Å². The van der Waals surface area contributed by atoms with E-state index in [1.165, 1.54) is 17.9 Å². The summed E-state index contributed by atoms with van der Waals surface area (Å²) < 4.78 is 23.7. The fourth-order valence-electron chi connectivity index (χ4n) is 6.24. The third-order valence-corrected chi connectivity index (χ3v) is 9.96. The second-order valence-corrected chi connectivity index (χ2v) is 14.2. The van der Waals surface area contributed by atoms with Crippen molar-refractivity contribution in [2.75, 3.05) is 55.8 Å². The average molecular weight is 782 g/mol. The van der Waals surface area contributed by atoms with Crippen LogP contribution in [0.5, 0.6) is 5.75 Å². The molecule has 4 heterocycles. The van der Waals surface area contributed by atoms with Crippen molar-refractivity contribution in [1.82, 2.24) is 29.1 Å². The topological polar surface area (TPSA) is 145 Å². The van der Waals surface area contributed by atoms with Crippen LogP contribution in [0.25, 0.3) is 5.69 Å². The lowest BCUT2D eigenvalue weighted by atomic mass is 10.1. The highest BCUT2D eigenvalue weighted by Crippen LogP contribution is 2.40. The van der Waals surface area contributed by atoms with Crippen molar-refractivity contribution in [1.29, 1.82) is 0 Å². The number of anilines is 2. The van der Waals surface area contributed by atoms with E-state index >= 15 is 0 Å². The molecule has 2 aromatic heterocycles. The van der Waals surface area contributed by atoms with Crippen LogP contribution in [0.1, 0.15) is 38.8 Å². The third-order valence-electron chi connectivity index (χ3n) is 9.41. The number of nitrogens with zero attached hydrogens (tertiary/aromatic N) is 8. The SMILES string of the molecule is CC(O)CO.CCC(C)n1ncn(-c2ccc(N3CCN(c4ccc(OC[C@H]5CO[C@](Cn6cncn6)(c6ccc(Cl)cc6Cl)O5)cc4)CC3)cc2)c1=O. The maximum absolute atomic E-state index is 12.8.